The topological polar surface area (TPSA) is 50.4 Å². The molecule has 3 heteroatoms. The summed E-state index contributed by atoms with van der Waals surface area (Å²) in [5, 5.41) is 10.5. The monoisotopic (exact) mass is 238 g/mol. The van der Waals surface area contributed by atoms with Crippen molar-refractivity contribution in [1.29, 1.82) is 0 Å². The molecule has 0 unspecified atom stereocenters. The Morgan fingerprint density at radius 3 is 2.50 bits per heavy atom. The molecule has 3 rings (SSSR count). The molecule has 0 atom stereocenters. The van der Waals surface area contributed by atoms with Crippen LogP contribution < -0.4 is 5.63 Å². The molecule has 0 fully saturated rings. The Hall–Kier alpha value is -2.55. The number of phenols is 1. The minimum Gasteiger partial charge on any atom is -0.507 e. The lowest BCUT2D eigenvalue weighted by Crippen LogP contribution is -1.98. The van der Waals surface area contributed by atoms with Gasteiger partial charge in [-0.3, -0.25) is 0 Å². The predicted octanol–water partition coefficient (Wildman–Crippen LogP) is 3.17. The van der Waals surface area contributed by atoms with Crippen LogP contribution in [0.1, 0.15) is 0 Å². The van der Waals surface area contributed by atoms with Gasteiger partial charge >= 0.3 is 5.63 Å². The lowest BCUT2D eigenvalue weighted by molar-refractivity contribution is 0.479. The predicted molar refractivity (Wildman–Crippen MR) is 69.6 cm³/mol. The van der Waals surface area contributed by atoms with Crippen molar-refractivity contribution in [3.63, 3.8) is 0 Å². The molecule has 0 bridgehead atoms. The minimum absolute atomic E-state index is 0.107. The maximum Gasteiger partial charge on any atom is 0.336 e. The number of benzene rings is 2. The van der Waals surface area contributed by atoms with Gasteiger partial charge in [0.05, 0.1) is 5.39 Å². The molecule has 0 amide bonds. The van der Waals surface area contributed by atoms with Gasteiger partial charge in [-0.25, -0.2) is 4.79 Å². The zero-order valence-electron chi connectivity index (χ0n) is 9.46. The van der Waals surface area contributed by atoms with Gasteiger partial charge in [-0.1, -0.05) is 36.4 Å². The van der Waals surface area contributed by atoms with Crippen molar-refractivity contribution in [1.82, 2.24) is 0 Å². The SMILES string of the molecule is O=c1cc(-c2ccccc2)c2c(O)cccc2o1. The van der Waals surface area contributed by atoms with Crippen molar-refractivity contribution in [2.24, 2.45) is 0 Å². The van der Waals surface area contributed by atoms with Crippen LogP contribution in [0.15, 0.2) is 63.8 Å². The summed E-state index contributed by atoms with van der Waals surface area (Å²) in [7, 11) is 0. The van der Waals surface area contributed by atoms with E-state index in [1.54, 1.807) is 18.2 Å². The number of rotatable bonds is 1. The van der Waals surface area contributed by atoms with Crippen LogP contribution in [0, 0.1) is 0 Å². The van der Waals surface area contributed by atoms with E-state index in [0.29, 0.717) is 16.5 Å². The zero-order valence-corrected chi connectivity index (χ0v) is 9.46. The Morgan fingerprint density at radius 2 is 1.72 bits per heavy atom. The van der Waals surface area contributed by atoms with Gasteiger partial charge in [-0.15, -0.1) is 0 Å². The van der Waals surface area contributed by atoms with Crippen LogP contribution in [0.3, 0.4) is 0 Å². The number of fused-ring (bicyclic) bond motifs is 1. The molecule has 2 aromatic carbocycles. The maximum absolute atomic E-state index is 11.5. The lowest BCUT2D eigenvalue weighted by Gasteiger charge is -2.06. The van der Waals surface area contributed by atoms with Crippen LogP contribution in [0.5, 0.6) is 5.75 Å². The molecule has 1 N–H and O–H groups in total. The van der Waals surface area contributed by atoms with Gasteiger partial charge < -0.3 is 9.52 Å². The molecule has 88 valence electrons. The van der Waals surface area contributed by atoms with Crippen LogP contribution in [-0.2, 0) is 0 Å². The van der Waals surface area contributed by atoms with E-state index in [1.165, 1.54) is 6.07 Å². The first-order valence-electron chi connectivity index (χ1n) is 5.57. The lowest BCUT2D eigenvalue weighted by atomic mass is 10.0. The highest BCUT2D eigenvalue weighted by Gasteiger charge is 2.10. The van der Waals surface area contributed by atoms with E-state index in [0.717, 1.165) is 5.56 Å². The van der Waals surface area contributed by atoms with Crippen molar-refractivity contribution >= 4 is 11.0 Å². The summed E-state index contributed by atoms with van der Waals surface area (Å²) in [6, 6.07) is 15.7. The molecule has 18 heavy (non-hydrogen) atoms. The zero-order chi connectivity index (χ0) is 12.5. The van der Waals surface area contributed by atoms with E-state index in [-0.39, 0.29) is 5.75 Å². The third kappa shape index (κ3) is 1.66. The summed E-state index contributed by atoms with van der Waals surface area (Å²) in [5.74, 6) is 0.107. The van der Waals surface area contributed by atoms with Crippen LogP contribution in [0.25, 0.3) is 22.1 Å². The van der Waals surface area contributed by atoms with Gasteiger partial charge in [-0.05, 0) is 17.7 Å². The molecule has 0 aliphatic carbocycles. The first kappa shape index (κ1) is 10.6. The Morgan fingerprint density at radius 1 is 0.944 bits per heavy atom. The van der Waals surface area contributed by atoms with Gasteiger partial charge in [-0.2, -0.15) is 0 Å². The molecule has 0 saturated heterocycles. The summed E-state index contributed by atoms with van der Waals surface area (Å²) in [4.78, 5) is 11.5. The summed E-state index contributed by atoms with van der Waals surface area (Å²) >= 11 is 0. The van der Waals surface area contributed by atoms with E-state index in [1.807, 2.05) is 30.3 Å². The highest BCUT2D eigenvalue weighted by atomic mass is 16.4. The van der Waals surface area contributed by atoms with Crippen molar-refractivity contribution in [3.8, 4) is 16.9 Å². The first-order chi connectivity index (χ1) is 8.75. The van der Waals surface area contributed by atoms with Crippen LogP contribution in [0.4, 0.5) is 0 Å². The van der Waals surface area contributed by atoms with E-state index in [2.05, 4.69) is 0 Å². The average Bonchev–Trinajstić information content (AvgIpc) is 2.39. The van der Waals surface area contributed by atoms with Crippen molar-refractivity contribution in [3.05, 3.63) is 65.0 Å². The maximum atomic E-state index is 11.5. The molecule has 1 heterocycles. The molecule has 1 aromatic heterocycles. The van der Waals surface area contributed by atoms with Gasteiger partial charge in [0, 0.05) is 11.6 Å². The Balaban J connectivity index is 2.45. The molecule has 0 saturated carbocycles. The first-order valence-corrected chi connectivity index (χ1v) is 5.57. The second-order valence-electron chi connectivity index (χ2n) is 4.00. The van der Waals surface area contributed by atoms with Gasteiger partial charge in [0.15, 0.2) is 0 Å². The van der Waals surface area contributed by atoms with E-state index >= 15 is 0 Å². The Bertz CT molecular complexity index is 758. The Labute approximate surface area is 103 Å². The molecule has 0 radical (unpaired) electrons. The summed E-state index contributed by atoms with van der Waals surface area (Å²) in [6.45, 7) is 0. The smallest absolute Gasteiger partial charge is 0.336 e. The minimum atomic E-state index is -0.424. The second-order valence-corrected chi connectivity index (χ2v) is 4.00. The molecular weight excluding hydrogens is 228 g/mol. The molecule has 0 aliphatic heterocycles. The highest BCUT2D eigenvalue weighted by Crippen LogP contribution is 2.33. The molecule has 3 nitrogen and oxygen atoms in total. The fourth-order valence-electron chi connectivity index (χ4n) is 2.05. The molecule has 3 aromatic rings. The van der Waals surface area contributed by atoms with Crippen molar-refractivity contribution in [2.75, 3.05) is 0 Å². The number of aromatic hydroxyl groups is 1. The fourth-order valence-corrected chi connectivity index (χ4v) is 2.05. The normalized spacial score (nSPS) is 10.7. The highest BCUT2D eigenvalue weighted by molar-refractivity contribution is 5.97. The van der Waals surface area contributed by atoms with Crippen LogP contribution in [0.2, 0.25) is 0 Å². The summed E-state index contributed by atoms with van der Waals surface area (Å²) in [6.07, 6.45) is 0. The van der Waals surface area contributed by atoms with Crippen LogP contribution >= 0.6 is 0 Å². The third-order valence-electron chi connectivity index (χ3n) is 2.83. The summed E-state index contributed by atoms with van der Waals surface area (Å²) < 4.78 is 5.09. The van der Waals surface area contributed by atoms with Gasteiger partial charge in [0.2, 0.25) is 0 Å². The van der Waals surface area contributed by atoms with Crippen molar-refractivity contribution in [2.45, 2.75) is 0 Å². The second kappa shape index (κ2) is 4.04. The Kier molecular flexibility index (Phi) is 2.38. The fraction of sp³-hybridized carbons (Fsp3) is 0. The van der Waals surface area contributed by atoms with Crippen molar-refractivity contribution < 1.29 is 9.52 Å². The third-order valence-corrected chi connectivity index (χ3v) is 2.83. The molecular formula is C15H10O3. The molecule has 0 spiro atoms. The van der Waals surface area contributed by atoms with E-state index in [4.69, 9.17) is 4.42 Å². The van der Waals surface area contributed by atoms with E-state index < -0.39 is 5.63 Å². The summed E-state index contributed by atoms with van der Waals surface area (Å²) in [5.41, 5.74) is 1.52. The van der Waals surface area contributed by atoms with E-state index in [9.17, 15) is 9.90 Å². The average molecular weight is 238 g/mol. The standard InChI is InChI=1S/C15H10O3/c16-12-7-4-8-13-15(12)11(9-14(17)18-13)10-5-2-1-3-6-10/h1-9,16H. The van der Waals surface area contributed by atoms with Gasteiger partial charge in [0.25, 0.3) is 0 Å². The number of hydrogen-bond donors (Lipinski definition) is 1. The number of hydrogen-bond acceptors (Lipinski definition) is 3. The van der Waals surface area contributed by atoms with Crippen LogP contribution in [-0.4, -0.2) is 5.11 Å². The van der Waals surface area contributed by atoms with Gasteiger partial charge in [0.1, 0.15) is 11.3 Å². The molecule has 0 aliphatic rings. The largest absolute Gasteiger partial charge is 0.507 e. The quantitative estimate of drug-likeness (QED) is 0.662. The number of phenolic OH excluding ortho intramolecular Hbond substituents is 1.